The molecule has 0 bridgehead atoms. The molecule has 20 heavy (non-hydrogen) atoms. The third kappa shape index (κ3) is 5.41. The van der Waals surface area contributed by atoms with E-state index < -0.39 is 44.6 Å². The van der Waals surface area contributed by atoms with E-state index in [2.05, 4.69) is 9.05 Å². The molecule has 0 amide bonds. The number of Topliss-reactive ketones (excluding diaryl/α,β-unsaturated/α-hetero) is 1. The van der Waals surface area contributed by atoms with Gasteiger partial charge in [-0.1, -0.05) is 0 Å². The van der Waals surface area contributed by atoms with Crippen molar-refractivity contribution < 1.29 is 28.1 Å². The molecule has 1 aromatic heterocycles. The maximum absolute atomic E-state index is 11.4. The lowest BCUT2D eigenvalue weighted by atomic mass is 10.4. The lowest BCUT2D eigenvalue weighted by Crippen LogP contribution is -2.31. The number of ketones is 1. The first kappa shape index (κ1) is 16.2. The summed E-state index contributed by atoms with van der Waals surface area (Å²) in [5, 5.41) is 0. The highest BCUT2D eigenvalue weighted by Crippen LogP contribution is 2.42. The predicted octanol–water partition coefficient (Wildman–Crippen LogP) is -1.56. The van der Waals surface area contributed by atoms with Gasteiger partial charge in [-0.05, 0) is 0 Å². The number of H-pyrrole nitrogens is 1. The standard InChI is InChI=1S/C9H11N2O8P/c12-3-4-18-20(16,17)19-6-7(13)5-11-2-1-8(14)10-9(11)15/h1-3H,4-6H2,(H,16,17)(H,10,14,15). The molecule has 0 radical (unpaired) electrons. The Balaban J connectivity index is 2.56. The Morgan fingerprint density at radius 2 is 2.15 bits per heavy atom. The SMILES string of the molecule is O=CCOP(=O)(O)OCC(=O)Cn1ccc(=O)[nH]c1=O. The van der Waals surface area contributed by atoms with Crippen LogP contribution in [0.4, 0.5) is 0 Å². The number of hydrogen-bond donors (Lipinski definition) is 2. The maximum atomic E-state index is 11.4. The number of carbonyl (C=O) groups excluding carboxylic acids is 2. The van der Waals surface area contributed by atoms with E-state index in [0.717, 1.165) is 16.8 Å². The first-order chi connectivity index (χ1) is 9.34. The molecule has 0 saturated carbocycles. The summed E-state index contributed by atoms with van der Waals surface area (Å²) in [6.45, 7) is -1.90. The minimum atomic E-state index is -4.48. The zero-order valence-corrected chi connectivity index (χ0v) is 10.9. The minimum Gasteiger partial charge on any atom is -0.302 e. The molecule has 0 fully saturated rings. The molecule has 110 valence electrons. The third-order valence-electron chi connectivity index (χ3n) is 1.94. The summed E-state index contributed by atoms with van der Waals surface area (Å²) in [7, 11) is -4.48. The molecule has 0 aliphatic carbocycles. The molecule has 1 aromatic rings. The Kier molecular flexibility index (Phi) is 5.71. The lowest BCUT2D eigenvalue weighted by Gasteiger charge is -2.10. The number of hydrogen-bond acceptors (Lipinski definition) is 7. The van der Waals surface area contributed by atoms with Crippen LogP contribution >= 0.6 is 7.82 Å². The molecule has 10 nitrogen and oxygen atoms in total. The number of phosphoric ester groups is 1. The van der Waals surface area contributed by atoms with Gasteiger partial charge in [0, 0.05) is 12.3 Å². The van der Waals surface area contributed by atoms with Crippen LogP contribution in [0.2, 0.25) is 0 Å². The molecule has 1 unspecified atom stereocenters. The molecular formula is C9H11N2O8P. The number of carbonyl (C=O) groups is 2. The van der Waals surface area contributed by atoms with E-state index in [1.807, 2.05) is 4.98 Å². The van der Waals surface area contributed by atoms with Crippen LogP contribution in [0.15, 0.2) is 21.9 Å². The highest BCUT2D eigenvalue weighted by Gasteiger charge is 2.22. The van der Waals surface area contributed by atoms with Crippen LogP contribution in [-0.2, 0) is 29.7 Å². The summed E-state index contributed by atoms with van der Waals surface area (Å²) >= 11 is 0. The normalized spacial score (nSPS) is 13.7. The summed E-state index contributed by atoms with van der Waals surface area (Å²) < 4.78 is 20.5. The van der Waals surface area contributed by atoms with E-state index in [1.165, 1.54) is 0 Å². The lowest BCUT2D eigenvalue weighted by molar-refractivity contribution is -0.122. The van der Waals surface area contributed by atoms with Gasteiger partial charge in [0.05, 0.1) is 6.54 Å². The third-order valence-corrected chi connectivity index (χ3v) is 2.87. The van der Waals surface area contributed by atoms with Crippen LogP contribution in [0.1, 0.15) is 0 Å². The van der Waals surface area contributed by atoms with Crippen LogP contribution in [0.3, 0.4) is 0 Å². The van der Waals surface area contributed by atoms with Crippen molar-refractivity contribution in [3.63, 3.8) is 0 Å². The second-order valence-electron chi connectivity index (χ2n) is 3.48. The fourth-order valence-corrected chi connectivity index (χ4v) is 1.75. The number of phosphoric acid groups is 1. The molecule has 1 atom stereocenters. The zero-order chi connectivity index (χ0) is 15.2. The molecule has 0 saturated heterocycles. The van der Waals surface area contributed by atoms with Crippen molar-refractivity contribution >= 4 is 19.9 Å². The van der Waals surface area contributed by atoms with Crippen molar-refractivity contribution in [1.29, 1.82) is 0 Å². The Hall–Kier alpha value is -1.87. The van der Waals surface area contributed by atoms with Crippen molar-refractivity contribution in [2.75, 3.05) is 13.2 Å². The van der Waals surface area contributed by atoms with Gasteiger partial charge in [0.2, 0.25) is 0 Å². The molecule has 0 aliphatic heterocycles. The molecule has 2 N–H and O–H groups in total. The summed E-state index contributed by atoms with van der Waals surface area (Å²) in [6, 6.07) is 1.04. The fourth-order valence-electron chi connectivity index (χ4n) is 1.12. The van der Waals surface area contributed by atoms with E-state index in [4.69, 9.17) is 4.89 Å². The van der Waals surface area contributed by atoms with Gasteiger partial charge in [-0.15, -0.1) is 0 Å². The van der Waals surface area contributed by atoms with Crippen molar-refractivity contribution in [3.8, 4) is 0 Å². The van der Waals surface area contributed by atoms with Gasteiger partial charge in [0.25, 0.3) is 5.56 Å². The summed E-state index contributed by atoms with van der Waals surface area (Å²) in [5.41, 5.74) is -1.41. The Morgan fingerprint density at radius 3 is 2.75 bits per heavy atom. The topological polar surface area (TPSA) is 145 Å². The van der Waals surface area contributed by atoms with Crippen LogP contribution in [-0.4, -0.2) is 39.7 Å². The van der Waals surface area contributed by atoms with Crippen molar-refractivity contribution in [2.45, 2.75) is 6.54 Å². The highest BCUT2D eigenvalue weighted by atomic mass is 31.2. The Bertz CT molecular complexity index is 648. The minimum absolute atomic E-state index is 0.244. The zero-order valence-electron chi connectivity index (χ0n) is 10.1. The van der Waals surface area contributed by atoms with E-state index in [0.29, 0.717) is 0 Å². The molecule has 0 spiro atoms. The average Bonchev–Trinajstić information content (AvgIpc) is 2.38. The van der Waals surface area contributed by atoms with E-state index in [-0.39, 0.29) is 6.29 Å². The Labute approximate surface area is 111 Å². The maximum Gasteiger partial charge on any atom is 0.473 e. The monoisotopic (exact) mass is 306 g/mol. The van der Waals surface area contributed by atoms with Crippen LogP contribution in [0.25, 0.3) is 0 Å². The first-order valence-corrected chi connectivity index (χ1v) is 6.70. The largest absolute Gasteiger partial charge is 0.473 e. The summed E-state index contributed by atoms with van der Waals surface area (Å²) in [6.07, 6.45) is 1.34. The van der Waals surface area contributed by atoms with Gasteiger partial charge in [-0.3, -0.25) is 28.2 Å². The van der Waals surface area contributed by atoms with Gasteiger partial charge < -0.3 is 9.69 Å². The number of rotatable bonds is 8. The number of aromatic nitrogens is 2. The van der Waals surface area contributed by atoms with Crippen LogP contribution in [0, 0.1) is 0 Å². The smallest absolute Gasteiger partial charge is 0.302 e. The van der Waals surface area contributed by atoms with E-state index >= 15 is 0 Å². The Morgan fingerprint density at radius 1 is 1.45 bits per heavy atom. The summed E-state index contributed by atoms with van der Waals surface area (Å²) in [5.74, 6) is -0.705. The van der Waals surface area contributed by atoms with Crippen LogP contribution in [0.5, 0.6) is 0 Å². The van der Waals surface area contributed by atoms with Crippen molar-refractivity contribution in [1.82, 2.24) is 9.55 Å². The van der Waals surface area contributed by atoms with Crippen molar-refractivity contribution in [2.24, 2.45) is 0 Å². The van der Waals surface area contributed by atoms with Gasteiger partial charge >= 0.3 is 13.5 Å². The number of aldehydes is 1. The summed E-state index contributed by atoms with van der Waals surface area (Å²) in [4.78, 5) is 54.4. The van der Waals surface area contributed by atoms with E-state index in [9.17, 15) is 23.7 Å². The highest BCUT2D eigenvalue weighted by molar-refractivity contribution is 7.47. The second-order valence-corrected chi connectivity index (χ2v) is 4.93. The van der Waals surface area contributed by atoms with Gasteiger partial charge in [-0.25, -0.2) is 9.36 Å². The molecule has 11 heteroatoms. The average molecular weight is 306 g/mol. The molecule has 1 heterocycles. The predicted molar refractivity (Wildman–Crippen MR) is 64.1 cm³/mol. The number of nitrogens with zero attached hydrogens (tertiary/aromatic N) is 1. The second kappa shape index (κ2) is 7.06. The fraction of sp³-hybridized carbons (Fsp3) is 0.333. The molecular weight excluding hydrogens is 295 g/mol. The number of aromatic amines is 1. The molecule has 1 rings (SSSR count). The van der Waals surface area contributed by atoms with E-state index in [1.54, 1.807) is 0 Å². The van der Waals surface area contributed by atoms with Crippen molar-refractivity contribution in [3.05, 3.63) is 33.1 Å². The van der Waals surface area contributed by atoms with Crippen LogP contribution < -0.4 is 11.2 Å². The first-order valence-electron chi connectivity index (χ1n) is 5.21. The molecule has 0 aliphatic rings. The van der Waals surface area contributed by atoms with Gasteiger partial charge in [-0.2, -0.15) is 0 Å². The number of nitrogens with one attached hydrogen (secondary N) is 1. The molecule has 0 aromatic carbocycles. The van der Waals surface area contributed by atoms with Gasteiger partial charge in [0.1, 0.15) is 19.5 Å². The quantitative estimate of drug-likeness (QED) is 0.433. The van der Waals surface area contributed by atoms with Gasteiger partial charge in [0.15, 0.2) is 5.78 Å².